The molecule has 0 radical (unpaired) electrons. The zero-order valence-electron chi connectivity index (χ0n) is 15.8. The van der Waals surface area contributed by atoms with Crippen molar-refractivity contribution in [3.05, 3.63) is 48.3 Å². The van der Waals surface area contributed by atoms with Crippen LogP contribution in [0.3, 0.4) is 0 Å². The Balaban J connectivity index is 0.00000210. The lowest BCUT2D eigenvalue weighted by Gasteiger charge is -2.20. The van der Waals surface area contributed by atoms with Gasteiger partial charge in [0.25, 0.3) is 11.7 Å². The Bertz CT molecular complexity index is 943. The summed E-state index contributed by atoms with van der Waals surface area (Å²) < 4.78 is 3.84. The third-order valence-corrected chi connectivity index (χ3v) is 5.17. The van der Waals surface area contributed by atoms with Gasteiger partial charge in [-0.25, -0.2) is 4.40 Å². The van der Waals surface area contributed by atoms with Crippen LogP contribution in [0.2, 0.25) is 0 Å². The van der Waals surface area contributed by atoms with Gasteiger partial charge in [-0.05, 0) is 37.5 Å². The van der Waals surface area contributed by atoms with E-state index in [4.69, 9.17) is 0 Å². The summed E-state index contributed by atoms with van der Waals surface area (Å²) in [6.45, 7) is 3.63. The molecule has 0 saturated heterocycles. The van der Waals surface area contributed by atoms with Crippen molar-refractivity contribution in [2.45, 2.75) is 52.0 Å². The van der Waals surface area contributed by atoms with Crippen LogP contribution in [0.4, 0.5) is 5.82 Å². The number of imidazole rings is 1. The lowest BCUT2D eigenvalue weighted by molar-refractivity contribution is -0.495. The molecule has 6 heteroatoms. The molecule has 1 aliphatic rings. The highest BCUT2D eigenvalue weighted by atomic mass is 35.5. The lowest BCUT2D eigenvalue weighted by Crippen LogP contribution is -3.00. The highest BCUT2D eigenvalue weighted by molar-refractivity contribution is 5.88. The van der Waals surface area contributed by atoms with Gasteiger partial charge in [0.05, 0.1) is 12.2 Å². The minimum atomic E-state index is -0.0113. The maximum absolute atomic E-state index is 12.5. The number of fused-ring (bicyclic) bond motifs is 1. The molecule has 0 amide bonds. The van der Waals surface area contributed by atoms with E-state index in [1.54, 1.807) is 11.5 Å². The second kappa shape index (κ2) is 8.09. The van der Waals surface area contributed by atoms with Gasteiger partial charge in [0.2, 0.25) is 11.3 Å². The second-order valence-corrected chi connectivity index (χ2v) is 7.18. The molecule has 3 aromatic heterocycles. The number of carbonyl (C=O) groups excluding carboxylic acids is 1. The number of carbonyl (C=O) groups is 1. The van der Waals surface area contributed by atoms with Gasteiger partial charge in [0, 0.05) is 19.2 Å². The van der Waals surface area contributed by atoms with E-state index in [1.165, 1.54) is 32.1 Å². The Morgan fingerprint density at radius 2 is 1.96 bits per heavy atom. The minimum Gasteiger partial charge on any atom is -1.00 e. The Kier molecular flexibility index (Phi) is 5.80. The normalized spacial score (nSPS) is 14.7. The summed E-state index contributed by atoms with van der Waals surface area (Å²) in [4.78, 5) is 17.1. The van der Waals surface area contributed by atoms with Crippen LogP contribution in [0.5, 0.6) is 0 Å². The van der Waals surface area contributed by atoms with Gasteiger partial charge >= 0.3 is 0 Å². The van der Waals surface area contributed by atoms with Crippen LogP contribution in [0.1, 0.15) is 49.4 Å². The number of halogens is 1. The van der Waals surface area contributed by atoms with Crippen molar-refractivity contribution in [1.29, 1.82) is 0 Å². The van der Waals surface area contributed by atoms with E-state index in [0.29, 0.717) is 6.04 Å². The molecule has 1 N–H and O–H groups in total. The quantitative estimate of drug-likeness (QED) is 0.686. The van der Waals surface area contributed by atoms with E-state index in [0.717, 1.165) is 28.4 Å². The van der Waals surface area contributed by atoms with Crippen LogP contribution in [0.25, 0.3) is 17.0 Å². The fourth-order valence-corrected chi connectivity index (χ4v) is 3.88. The number of nitrogens with one attached hydrogen (secondary N) is 1. The first-order valence-corrected chi connectivity index (χ1v) is 9.41. The van der Waals surface area contributed by atoms with Gasteiger partial charge in [-0.2, -0.15) is 4.57 Å². The summed E-state index contributed by atoms with van der Waals surface area (Å²) >= 11 is 0. The number of nitrogens with zero attached hydrogens (tertiary/aromatic N) is 3. The van der Waals surface area contributed by atoms with Gasteiger partial charge in [-0.1, -0.05) is 31.4 Å². The first-order chi connectivity index (χ1) is 12.6. The fourth-order valence-electron chi connectivity index (χ4n) is 3.88. The van der Waals surface area contributed by atoms with Crippen LogP contribution in [0, 0.1) is 6.92 Å². The minimum absolute atomic E-state index is 0. The fraction of sp³-hybridized carbons (Fsp3) is 0.381. The highest BCUT2D eigenvalue weighted by Crippen LogP contribution is 2.30. The molecule has 0 unspecified atom stereocenters. The number of pyridine rings is 2. The molecule has 3 heterocycles. The smallest absolute Gasteiger partial charge is 0.284 e. The number of hydrogen-bond acceptors (Lipinski definition) is 3. The third-order valence-electron chi connectivity index (χ3n) is 5.17. The Morgan fingerprint density at radius 1 is 1.19 bits per heavy atom. The number of anilines is 1. The topological polar surface area (TPSA) is 51.0 Å². The van der Waals surface area contributed by atoms with Gasteiger partial charge in [-0.3, -0.25) is 15.1 Å². The maximum atomic E-state index is 12.5. The van der Waals surface area contributed by atoms with E-state index in [-0.39, 0.29) is 18.3 Å². The maximum Gasteiger partial charge on any atom is 0.284 e. The molecule has 0 spiro atoms. The number of aromatic nitrogens is 3. The molecule has 142 valence electrons. The summed E-state index contributed by atoms with van der Waals surface area (Å²) in [7, 11) is 0. The van der Waals surface area contributed by atoms with Gasteiger partial charge < -0.3 is 12.4 Å². The van der Waals surface area contributed by atoms with Crippen LogP contribution in [-0.2, 0) is 0 Å². The number of rotatable bonds is 3. The first-order valence-electron chi connectivity index (χ1n) is 9.41. The summed E-state index contributed by atoms with van der Waals surface area (Å²) in [6, 6.07) is 10.4. The van der Waals surface area contributed by atoms with Crippen molar-refractivity contribution in [2.24, 2.45) is 0 Å². The van der Waals surface area contributed by atoms with E-state index in [9.17, 15) is 4.79 Å². The molecule has 0 atom stereocenters. The van der Waals surface area contributed by atoms with Gasteiger partial charge in [-0.15, -0.1) is 0 Å². The molecule has 0 aliphatic heterocycles. The summed E-state index contributed by atoms with van der Waals surface area (Å²) in [5.41, 5.74) is 3.62. The van der Waals surface area contributed by atoms with Crippen molar-refractivity contribution < 1.29 is 21.6 Å². The van der Waals surface area contributed by atoms with Crippen LogP contribution < -0.4 is 22.1 Å². The monoisotopic (exact) mass is 384 g/mol. The molecule has 1 saturated carbocycles. The molecule has 27 heavy (non-hydrogen) atoms. The first kappa shape index (κ1) is 19.4. The molecular weight excluding hydrogens is 360 g/mol. The van der Waals surface area contributed by atoms with E-state index < -0.39 is 0 Å². The van der Waals surface area contributed by atoms with Crippen molar-refractivity contribution in [3.8, 4) is 11.4 Å². The molecule has 0 bridgehead atoms. The average molecular weight is 385 g/mol. The number of hydrogen-bond donors (Lipinski definition) is 1. The zero-order chi connectivity index (χ0) is 18.1. The Morgan fingerprint density at radius 3 is 2.63 bits per heavy atom. The second-order valence-electron chi connectivity index (χ2n) is 7.18. The van der Waals surface area contributed by atoms with E-state index >= 15 is 0 Å². The molecule has 5 nitrogen and oxygen atoms in total. The third kappa shape index (κ3) is 3.69. The van der Waals surface area contributed by atoms with Gasteiger partial charge in [0.15, 0.2) is 0 Å². The SMILES string of the molecule is CC(=O)n1c(-c2ccc(C)cn2)c(NC2CCCCC2)[n+]2ccccc12.[Cl-]. The zero-order valence-corrected chi connectivity index (χ0v) is 16.5. The highest BCUT2D eigenvalue weighted by Gasteiger charge is 2.31. The predicted molar refractivity (Wildman–Crippen MR) is 102 cm³/mol. The van der Waals surface area contributed by atoms with E-state index in [1.807, 2.05) is 49.6 Å². The number of aryl methyl sites for hydroxylation is 1. The van der Waals surface area contributed by atoms with E-state index in [2.05, 4.69) is 14.7 Å². The molecule has 1 fully saturated rings. The summed E-state index contributed by atoms with van der Waals surface area (Å²) in [6.07, 6.45) is 10.0. The average Bonchev–Trinajstić information content (AvgIpc) is 2.98. The summed E-state index contributed by atoms with van der Waals surface area (Å²) in [5.74, 6) is 0.946. The molecule has 4 rings (SSSR count). The van der Waals surface area contributed by atoms with Crippen molar-refractivity contribution in [3.63, 3.8) is 0 Å². The van der Waals surface area contributed by atoms with Crippen LogP contribution in [-0.4, -0.2) is 21.5 Å². The van der Waals surface area contributed by atoms with Crippen molar-refractivity contribution in [1.82, 2.24) is 9.55 Å². The lowest BCUT2D eigenvalue weighted by atomic mass is 9.95. The predicted octanol–water partition coefficient (Wildman–Crippen LogP) is 1.01. The Labute approximate surface area is 165 Å². The molecule has 1 aliphatic carbocycles. The van der Waals surface area contributed by atoms with Crippen LogP contribution >= 0.6 is 0 Å². The molecular formula is C21H25ClN4O. The van der Waals surface area contributed by atoms with Gasteiger partial charge in [0.1, 0.15) is 5.69 Å². The molecule has 3 aromatic rings. The molecule has 0 aromatic carbocycles. The van der Waals surface area contributed by atoms with Crippen molar-refractivity contribution in [2.75, 3.05) is 5.32 Å². The van der Waals surface area contributed by atoms with Crippen LogP contribution in [0.15, 0.2) is 42.7 Å². The standard InChI is InChI=1S/C21H25N4O.ClH/c1-15-11-12-18(22-14-15)20-21(23-17-8-4-3-5-9-17)24-13-7-6-10-19(24)25(20)16(2)26;/h6-7,10-14,17,23H,3-5,8-9H2,1-2H3;1H/q+1;/p-1. The Hall–Kier alpha value is -2.40. The summed E-state index contributed by atoms with van der Waals surface area (Å²) in [5, 5.41) is 3.73. The van der Waals surface area contributed by atoms with Crippen molar-refractivity contribution >= 4 is 17.4 Å². The largest absolute Gasteiger partial charge is 1.00 e.